The van der Waals surface area contributed by atoms with Crippen LogP contribution in [-0.4, -0.2) is 46.7 Å². The Hall–Kier alpha value is -3.65. The molecule has 34 heavy (non-hydrogen) atoms. The van der Waals surface area contributed by atoms with E-state index >= 15 is 0 Å². The average molecular weight is 462 g/mol. The summed E-state index contributed by atoms with van der Waals surface area (Å²) in [5, 5.41) is 16.1. The molecule has 3 aromatic rings. The van der Waals surface area contributed by atoms with Crippen molar-refractivity contribution >= 4 is 11.9 Å². The summed E-state index contributed by atoms with van der Waals surface area (Å²) in [6, 6.07) is 13.8. The van der Waals surface area contributed by atoms with E-state index in [2.05, 4.69) is 21.4 Å². The van der Waals surface area contributed by atoms with Gasteiger partial charge in [-0.15, -0.1) is 0 Å². The van der Waals surface area contributed by atoms with Gasteiger partial charge in [-0.2, -0.15) is 0 Å². The van der Waals surface area contributed by atoms with Crippen LogP contribution >= 0.6 is 0 Å². The van der Waals surface area contributed by atoms with Gasteiger partial charge in [0.25, 0.3) is 5.91 Å². The van der Waals surface area contributed by atoms with E-state index in [1.807, 2.05) is 43.3 Å². The molecule has 0 radical (unpaired) electrons. The van der Waals surface area contributed by atoms with Crippen LogP contribution in [0.4, 0.5) is 0 Å². The second-order valence-electron chi connectivity index (χ2n) is 8.78. The highest BCUT2D eigenvalue weighted by atomic mass is 16.5. The molecule has 2 aliphatic rings. The lowest BCUT2D eigenvalue weighted by Gasteiger charge is -2.36. The fraction of sp³-hybridized carbons (Fsp3) is 0.346. The summed E-state index contributed by atoms with van der Waals surface area (Å²) in [6.45, 7) is 4.74. The third-order valence-corrected chi connectivity index (χ3v) is 6.49. The maximum atomic E-state index is 12.9. The second-order valence-corrected chi connectivity index (χ2v) is 8.78. The Morgan fingerprint density at radius 2 is 2.03 bits per heavy atom. The van der Waals surface area contributed by atoms with Crippen molar-refractivity contribution in [3.8, 4) is 17.1 Å². The van der Waals surface area contributed by atoms with Gasteiger partial charge in [-0.25, -0.2) is 0 Å². The molecule has 0 atom stereocenters. The molecular weight excluding hydrogens is 434 g/mol. The third kappa shape index (κ3) is 4.28. The van der Waals surface area contributed by atoms with E-state index in [9.17, 15) is 9.59 Å². The van der Waals surface area contributed by atoms with Gasteiger partial charge >= 0.3 is 5.97 Å². The molecule has 176 valence electrons. The minimum Gasteiger partial charge on any atom is -0.494 e. The van der Waals surface area contributed by atoms with E-state index < -0.39 is 5.97 Å². The number of hydrogen-bond acceptors (Lipinski definition) is 6. The number of amides is 1. The Kier molecular flexibility index (Phi) is 6.06. The first-order valence-corrected chi connectivity index (χ1v) is 11.6. The lowest BCUT2D eigenvalue weighted by Crippen LogP contribution is -2.49. The highest BCUT2D eigenvalue weighted by molar-refractivity contribution is 5.95. The van der Waals surface area contributed by atoms with Crippen LogP contribution in [0.2, 0.25) is 0 Å². The van der Waals surface area contributed by atoms with Gasteiger partial charge in [0.15, 0.2) is 11.5 Å². The van der Waals surface area contributed by atoms with Gasteiger partial charge in [0.1, 0.15) is 5.75 Å². The monoisotopic (exact) mass is 461 g/mol. The van der Waals surface area contributed by atoms with Crippen LogP contribution in [0.15, 0.2) is 47.0 Å². The number of carbonyl (C=O) groups excluding carboxylic acids is 1. The van der Waals surface area contributed by atoms with E-state index in [0.717, 1.165) is 46.5 Å². The van der Waals surface area contributed by atoms with Crippen molar-refractivity contribution in [2.45, 2.75) is 32.9 Å². The summed E-state index contributed by atoms with van der Waals surface area (Å²) in [7, 11) is 0. The predicted molar refractivity (Wildman–Crippen MR) is 125 cm³/mol. The van der Waals surface area contributed by atoms with Gasteiger partial charge in [-0.05, 0) is 37.0 Å². The van der Waals surface area contributed by atoms with Crippen LogP contribution in [0.1, 0.15) is 39.7 Å². The largest absolute Gasteiger partial charge is 0.494 e. The molecule has 5 rings (SSSR count). The van der Waals surface area contributed by atoms with Crippen molar-refractivity contribution in [2.24, 2.45) is 5.92 Å². The number of aromatic nitrogens is 1. The number of carbonyl (C=O) groups is 2. The summed E-state index contributed by atoms with van der Waals surface area (Å²) < 4.78 is 11.3. The SMILES string of the molecule is CCOc1ccccc1CNC(=O)c1noc2c1CCc1cc(CN3CC(C(=O)O)C3)ccc1-2. The quantitative estimate of drug-likeness (QED) is 0.530. The van der Waals surface area contributed by atoms with Crippen molar-refractivity contribution < 1.29 is 24.0 Å². The molecule has 8 heteroatoms. The van der Waals surface area contributed by atoms with Crippen molar-refractivity contribution in [2.75, 3.05) is 19.7 Å². The topological polar surface area (TPSA) is 105 Å². The van der Waals surface area contributed by atoms with E-state index in [-0.39, 0.29) is 11.8 Å². The number of hydrogen-bond donors (Lipinski definition) is 2. The van der Waals surface area contributed by atoms with E-state index in [0.29, 0.717) is 44.1 Å². The zero-order valence-electron chi connectivity index (χ0n) is 19.0. The van der Waals surface area contributed by atoms with Crippen molar-refractivity contribution in [1.82, 2.24) is 15.4 Å². The Balaban J connectivity index is 1.27. The smallest absolute Gasteiger partial charge is 0.309 e. The number of aryl methyl sites for hydroxylation is 1. The molecule has 8 nitrogen and oxygen atoms in total. The molecule has 1 aromatic heterocycles. The number of carboxylic acid groups (broad SMARTS) is 1. The van der Waals surface area contributed by atoms with Gasteiger partial charge in [0, 0.05) is 42.9 Å². The maximum Gasteiger partial charge on any atom is 0.309 e. The van der Waals surface area contributed by atoms with Crippen LogP contribution < -0.4 is 10.1 Å². The third-order valence-electron chi connectivity index (χ3n) is 6.49. The number of nitrogens with one attached hydrogen (secondary N) is 1. The molecule has 1 saturated heterocycles. The molecule has 0 bridgehead atoms. The number of nitrogens with zero attached hydrogens (tertiary/aromatic N) is 2. The zero-order valence-corrected chi connectivity index (χ0v) is 19.0. The number of benzene rings is 2. The molecule has 0 saturated carbocycles. The van der Waals surface area contributed by atoms with Crippen LogP contribution in [0, 0.1) is 5.92 Å². The van der Waals surface area contributed by atoms with Crippen LogP contribution in [0.3, 0.4) is 0 Å². The molecule has 2 heterocycles. The van der Waals surface area contributed by atoms with Crippen LogP contribution in [0.5, 0.6) is 5.75 Å². The lowest BCUT2D eigenvalue weighted by molar-refractivity contribution is -0.147. The van der Waals surface area contributed by atoms with E-state index in [1.54, 1.807) is 0 Å². The fourth-order valence-electron chi connectivity index (χ4n) is 4.68. The Morgan fingerprint density at radius 1 is 1.21 bits per heavy atom. The second kappa shape index (κ2) is 9.30. The average Bonchev–Trinajstić information content (AvgIpc) is 3.25. The maximum absolute atomic E-state index is 12.9. The Labute approximate surface area is 197 Å². The Bertz CT molecular complexity index is 1230. The minimum atomic E-state index is -0.724. The predicted octanol–water partition coefficient (Wildman–Crippen LogP) is 3.29. The van der Waals surface area contributed by atoms with Gasteiger partial charge in [0.05, 0.1) is 12.5 Å². The van der Waals surface area contributed by atoms with Crippen molar-refractivity contribution in [3.63, 3.8) is 0 Å². The number of para-hydroxylation sites is 1. The number of fused-ring (bicyclic) bond motifs is 3. The van der Waals surface area contributed by atoms with Gasteiger partial charge in [-0.3, -0.25) is 14.5 Å². The first-order valence-electron chi connectivity index (χ1n) is 11.6. The molecule has 1 fully saturated rings. The fourth-order valence-corrected chi connectivity index (χ4v) is 4.68. The lowest BCUT2D eigenvalue weighted by atomic mass is 9.88. The Morgan fingerprint density at radius 3 is 2.82 bits per heavy atom. The highest BCUT2D eigenvalue weighted by Crippen LogP contribution is 2.36. The van der Waals surface area contributed by atoms with Crippen molar-refractivity contribution in [3.05, 3.63) is 70.4 Å². The molecule has 1 amide bonds. The van der Waals surface area contributed by atoms with Crippen LogP contribution in [0.25, 0.3) is 11.3 Å². The van der Waals surface area contributed by atoms with Gasteiger partial charge < -0.3 is 19.7 Å². The highest BCUT2D eigenvalue weighted by Gasteiger charge is 2.33. The molecule has 1 aliphatic carbocycles. The first-order chi connectivity index (χ1) is 16.5. The number of carboxylic acids is 1. The summed E-state index contributed by atoms with van der Waals surface area (Å²) in [5.41, 5.74) is 5.35. The van der Waals surface area contributed by atoms with Crippen molar-refractivity contribution in [1.29, 1.82) is 0 Å². The van der Waals surface area contributed by atoms with Crippen LogP contribution in [-0.2, 0) is 30.7 Å². The number of rotatable bonds is 8. The molecule has 1 aliphatic heterocycles. The summed E-state index contributed by atoms with van der Waals surface area (Å²) in [5.74, 6) is 0.170. The molecular formula is C26H27N3O5. The van der Waals surface area contributed by atoms with Gasteiger partial charge in [-0.1, -0.05) is 41.6 Å². The summed E-state index contributed by atoms with van der Waals surface area (Å²) in [6.07, 6.45) is 1.47. The molecule has 0 unspecified atom stereocenters. The van der Waals surface area contributed by atoms with E-state index in [1.165, 1.54) is 0 Å². The molecule has 0 spiro atoms. The number of likely N-dealkylation sites (tertiary alicyclic amines) is 1. The minimum absolute atomic E-state index is 0.258. The zero-order chi connectivity index (χ0) is 23.7. The van der Waals surface area contributed by atoms with E-state index in [4.69, 9.17) is 14.4 Å². The normalized spacial score (nSPS) is 15.2. The summed E-state index contributed by atoms with van der Waals surface area (Å²) >= 11 is 0. The van der Waals surface area contributed by atoms with Gasteiger partial charge in [0.2, 0.25) is 0 Å². The number of aliphatic carboxylic acids is 1. The molecule has 2 aromatic carbocycles. The summed E-state index contributed by atoms with van der Waals surface area (Å²) in [4.78, 5) is 26.0. The standard InChI is InChI=1S/C26H27N3O5/c1-2-33-22-6-4-3-5-18(22)12-27-25(30)23-21-10-8-17-11-16(7-9-20(17)24(21)34-28-23)13-29-14-19(15-29)26(31)32/h3-7,9,11,19H,2,8,10,12-15H2,1H3,(H,27,30)(H,31,32). The number of ether oxygens (including phenoxy) is 1. The first kappa shape index (κ1) is 22.2. The molecule has 2 N–H and O–H groups in total.